The Morgan fingerprint density at radius 2 is 1.14 bits per heavy atom. The summed E-state index contributed by atoms with van der Waals surface area (Å²) in [5.74, 6) is 0. The van der Waals surface area contributed by atoms with E-state index in [-0.39, 0.29) is 6.42 Å². The maximum Gasteiger partial charge on any atom is 0.126 e. The van der Waals surface area contributed by atoms with Crippen molar-refractivity contribution in [3.63, 3.8) is 0 Å². The summed E-state index contributed by atoms with van der Waals surface area (Å²) in [7, 11) is 0. The number of hydrogen-bond donors (Lipinski definition) is 4. The first-order chi connectivity index (χ1) is 17.5. The van der Waals surface area contributed by atoms with E-state index in [2.05, 4.69) is 29.6 Å². The summed E-state index contributed by atoms with van der Waals surface area (Å²) in [6.07, 6.45) is 0.718. The second-order valence-corrected chi connectivity index (χ2v) is 9.57. The molecule has 0 saturated heterocycles. The molecule has 4 rings (SSSR count). The van der Waals surface area contributed by atoms with Crippen molar-refractivity contribution in [2.24, 2.45) is 5.73 Å². The summed E-state index contributed by atoms with van der Waals surface area (Å²) in [6.45, 7) is 0.482. The van der Waals surface area contributed by atoms with Gasteiger partial charge in [0.05, 0.1) is 0 Å². The second kappa shape index (κ2) is 12.1. The van der Waals surface area contributed by atoms with Crippen molar-refractivity contribution >= 4 is 0 Å². The predicted molar refractivity (Wildman–Crippen MR) is 146 cm³/mol. The number of rotatable bonds is 12. The van der Waals surface area contributed by atoms with Gasteiger partial charge in [0.1, 0.15) is 12.0 Å². The van der Waals surface area contributed by atoms with E-state index in [4.69, 9.17) is 5.73 Å². The Kier molecular flexibility index (Phi) is 8.68. The van der Waals surface area contributed by atoms with Crippen molar-refractivity contribution in [2.75, 3.05) is 0 Å². The van der Waals surface area contributed by atoms with E-state index in [1.807, 2.05) is 97.1 Å². The third-order valence-electron chi connectivity index (χ3n) is 7.07. The molecule has 0 aliphatic rings. The highest BCUT2D eigenvalue weighted by Gasteiger charge is 2.51. The topological polar surface area (TPSA) is 78.5 Å². The molecule has 36 heavy (non-hydrogen) atoms. The van der Waals surface area contributed by atoms with E-state index < -0.39 is 17.4 Å². The molecule has 0 aliphatic carbocycles. The van der Waals surface area contributed by atoms with Crippen LogP contribution in [0.5, 0.6) is 0 Å². The van der Waals surface area contributed by atoms with Crippen molar-refractivity contribution in [3.05, 3.63) is 144 Å². The van der Waals surface area contributed by atoms with Crippen LogP contribution in [0.4, 0.5) is 0 Å². The molecule has 0 heterocycles. The Hall–Kier alpha value is -3.28. The van der Waals surface area contributed by atoms with Gasteiger partial charge in [-0.2, -0.15) is 0 Å². The predicted octanol–water partition coefficient (Wildman–Crippen LogP) is 4.95. The van der Waals surface area contributed by atoms with Gasteiger partial charge in [-0.15, -0.1) is 0 Å². The molecule has 186 valence electrons. The van der Waals surface area contributed by atoms with E-state index in [0.717, 1.165) is 22.3 Å². The van der Waals surface area contributed by atoms with Crippen LogP contribution in [-0.4, -0.2) is 22.2 Å². The zero-order valence-corrected chi connectivity index (χ0v) is 20.6. The quantitative estimate of drug-likeness (QED) is 0.217. The zero-order chi connectivity index (χ0) is 25.3. The Bertz CT molecular complexity index is 1120. The number of hydrogen-bond acceptors (Lipinski definition) is 4. The molecule has 0 saturated carbocycles. The Morgan fingerprint density at radius 3 is 1.67 bits per heavy atom. The van der Waals surface area contributed by atoms with Gasteiger partial charge in [0.2, 0.25) is 0 Å². The normalized spacial score (nSPS) is 15.5. The molecule has 0 spiro atoms. The zero-order valence-electron chi connectivity index (χ0n) is 20.6. The average molecular weight is 481 g/mol. The molecule has 4 nitrogen and oxygen atoms in total. The minimum Gasteiger partial charge on any atom is -0.379 e. The Labute approximate surface area is 214 Å². The van der Waals surface area contributed by atoms with Crippen LogP contribution < -0.4 is 11.1 Å². The lowest BCUT2D eigenvalue weighted by atomic mass is 9.63. The minimum atomic E-state index is -1.38. The van der Waals surface area contributed by atoms with E-state index in [1.54, 1.807) is 0 Å². The first kappa shape index (κ1) is 25.8. The summed E-state index contributed by atoms with van der Waals surface area (Å²) >= 11 is 0. The molecule has 4 aromatic carbocycles. The lowest BCUT2D eigenvalue weighted by Crippen LogP contribution is -2.63. The fourth-order valence-electron chi connectivity index (χ4n) is 5.22. The molecule has 4 aromatic rings. The third-order valence-corrected chi connectivity index (χ3v) is 7.07. The number of nitrogens with two attached hydrogens (primary N) is 1. The first-order valence-corrected chi connectivity index (χ1v) is 12.6. The van der Waals surface area contributed by atoms with Gasteiger partial charge in [-0.05, 0) is 41.5 Å². The van der Waals surface area contributed by atoms with E-state index in [0.29, 0.717) is 25.8 Å². The van der Waals surface area contributed by atoms with Gasteiger partial charge in [0.15, 0.2) is 0 Å². The first-order valence-electron chi connectivity index (χ1n) is 12.6. The summed E-state index contributed by atoms with van der Waals surface area (Å²) in [6, 6.07) is 40.4. The van der Waals surface area contributed by atoms with Gasteiger partial charge in [-0.25, -0.2) is 0 Å². The van der Waals surface area contributed by atoms with Crippen LogP contribution in [0.2, 0.25) is 0 Å². The standard InChI is InChI=1S/C32H36N2O2/c33-30(35)24-31(29-19-11-4-12-20-29,23-27-15-7-2-8-16-27)32(36,22-21-26-13-5-1-6-14-26)34-25-28-17-9-3-10-18-28/h1-20,30,34-36H,21-25,33H2. The second-order valence-electron chi connectivity index (χ2n) is 9.57. The molecule has 0 fully saturated rings. The molecular formula is C32H36N2O2. The molecule has 0 bridgehead atoms. The molecule has 0 radical (unpaired) electrons. The highest BCUT2D eigenvalue weighted by atomic mass is 16.3. The lowest BCUT2D eigenvalue weighted by Gasteiger charge is -2.49. The van der Waals surface area contributed by atoms with Gasteiger partial charge in [-0.1, -0.05) is 121 Å². The highest BCUT2D eigenvalue weighted by Crippen LogP contribution is 2.44. The molecule has 3 unspecified atom stereocenters. The number of nitrogens with one attached hydrogen (secondary N) is 1. The maximum absolute atomic E-state index is 12.7. The SMILES string of the molecule is NC(O)CC(Cc1ccccc1)(c1ccccc1)C(O)(CCc1ccccc1)NCc1ccccc1. The lowest BCUT2D eigenvalue weighted by molar-refractivity contribution is -0.0943. The molecule has 5 N–H and O–H groups in total. The van der Waals surface area contributed by atoms with Crippen LogP contribution in [0.25, 0.3) is 0 Å². The van der Waals surface area contributed by atoms with Crippen molar-refractivity contribution in [3.8, 4) is 0 Å². The van der Waals surface area contributed by atoms with Crippen molar-refractivity contribution < 1.29 is 10.2 Å². The van der Waals surface area contributed by atoms with E-state index in [9.17, 15) is 10.2 Å². The van der Waals surface area contributed by atoms with Crippen molar-refractivity contribution in [1.29, 1.82) is 0 Å². The summed E-state index contributed by atoms with van der Waals surface area (Å²) in [4.78, 5) is 0. The van der Waals surface area contributed by atoms with Gasteiger partial charge < -0.3 is 15.9 Å². The third kappa shape index (κ3) is 6.28. The van der Waals surface area contributed by atoms with Crippen molar-refractivity contribution in [2.45, 2.75) is 49.6 Å². The Morgan fingerprint density at radius 1 is 0.667 bits per heavy atom. The van der Waals surface area contributed by atoms with Crippen LogP contribution in [0, 0.1) is 0 Å². The number of aliphatic hydroxyl groups excluding tert-OH is 1. The molecule has 0 aromatic heterocycles. The van der Waals surface area contributed by atoms with Crippen molar-refractivity contribution in [1.82, 2.24) is 5.32 Å². The van der Waals surface area contributed by atoms with Crippen LogP contribution in [0.1, 0.15) is 35.1 Å². The fraction of sp³-hybridized carbons (Fsp3) is 0.250. The van der Waals surface area contributed by atoms with Gasteiger partial charge in [0.25, 0.3) is 0 Å². The smallest absolute Gasteiger partial charge is 0.126 e. The number of aryl methyl sites for hydroxylation is 1. The minimum absolute atomic E-state index is 0.193. The van der Waals surface area contributed by atoms with Gasteiger partial charge in [0, 0.05) is 18.4 Å². The molecule has 3 atom stereocenters. The largest absolute Gasteiger partial charge is 0.379 e. The number of aliphatic hydroxyl groups is 2. The van der Waals surface area contributed by atoms with E-state index in [1.165, 1.54) is 0 Å². The van der Waals surface area contributed by atoms with Gasteiger partial charge in [-0.3, -0.25) is 5.32 Å². The highest BCUT2D eigenvalue weighted by molar-refractivity contribution is 5.34. The molecular weight excluding hydrogens is 444 g/mol. The monoisotopic (exact) mass is 480 g/mol. The molecule has 4 heteroatoms. The summed E-state index contributed by atoms with van der Waals surface area (Å²) in [5.41, 5.74) is 8.05. The maximum atomic E-state index is 12.7. The molecule has 0 aliphatic heterocycles. The van der Waals surface area contributed by atoms with Gasteiger partial charge >= 0.3 is 0 Å². The van der Waals surface area contributed by atoms with E-state index >= 15 is 0 Å². The average Bonchev–Trinajstić information content (AvgIpc) is 2.92. The summed E-state index contributed by atoms with van der Waals surface area (Å²) in [5, 5.41) is 26.9. The van der Waals surface area contributed by atoms with Crippen LogP contribution in [0.3, 0.4) is 0 Å². The van der Waals surface area contributed by atoms with Crippen LogP contribution >= 0.6 is 0 Å². The fourth-order valence-corrected chi connectivity index (χ4v) is 5.22. The number of benzene rings is 4. The Balaban J connectivity index is 1.82. The van der Waals surface area contributed by atoms with Crippen LogP contribution in [-0.2, 0) is 24.8 Å². The summed E-state index contributed by atoms with van der Waals surface area (Å²) < 4.78 is 0. The molecule has 0 amide bonds. The van der Waals surface area contributed by atoms with Crippen LogP contribution in [0.15, 0.2) is 121 Å².